The number of carbonyl (C=O) groups is 6. The third-order valence-electron chi connectivity index (χ3n) is 11.0. The minimum Gasteiger partial charge on any atom is -0.507 e. The molecular formula is C37H37N7O9. The summed E-state index contributed by atoms with van der Waals surface area (Å²) in [4.78, 5) is 76.7. The molecule has 3 heterocycles. The number of carbonyl (C=O) groups excluding carboxylic acids is 6. The molecule has 3 unspecified atom stereocenters. The molecule has 2 aromatic carbocycles. The van der Waals surface area contributed by atoms with Gasteiger partial charge in [0.05, 0.1) is 17.7 Å². The van der Waals surface area contributed by atoms with Gasteiger partial charge in [0.1, 0.15) is 23.2 Å². The Morgan fingerprint density at radius 1 is 0.981 bits per heavy atom. The van der Waals surface area contributed by atoms with Crippen LogP contribution in [0.3, 0.4) is 0 Å². The van der Waals surface area contributed by atoms with Gasteiger partial charge in [-0.3, -0.25) is 39.0 Å². The molecule has 1 aromatic heterocycles. The predicted molar refractivity (Wildman–Crippen MR) is 184 cm³/mol. The maximum absolute atomic E-state index is 13.2. The molecule has 5 fully saturated rings. The normalized spacial score (nSPS) is 26.5. The maximum atomic E-state index is 13.2. The lowest BCUT2D eigenvalue weighted by molar-refractivity contribution is -0.171. The number of nitrogens with one attached hydrogen (secondary N) is 3. The van der Waals surface area contributed by atoms with E-state index in [4.69, 9.17) is 15.2 Å². The van der Waals surface area contributed by atoms with Crippen molar-refractivity contribution < 1.29 is 43.3 Å². The number of anilines is 1. The first-order valence-corrected chi connectivity index (χ1v) is 17.6. The standard InChI is InChI=1S/C37H37N7O9/c38-31-27(13-23(42-43-31)20-4-1-2-6-25(20)45)52-11-10-36-16-37(17-36,18-36)41-32(48)22-12-19(22)14-39-29(47)15-53-26-7-3-5-21-30(26)35(51)44(34(21)50)24-8-9-28(46)40-33(24)49/h1-7,13,19,22,24,45H,8-12,14-18H2,(H2,38,43)(H,39,47)(H,41,48)(H,40,46,49). The molecule has 0 radical (unpaired) electrons. The van der Waals surface area contributed by atoms with Gasteiger partial charge in [0, 0.05) is 36.1 Å². The molecular weight excluding hydrogens is 686 g/mol. The number of hydrogen-bond donors (Lipinski definition) is 5. The summed E-state index contributed by atoms with van der Waals surface area (Å²) in [6, 6.07) is 11.8. The van der Waals surface area contributed by atoms with E-state index in [0.717, 1.165) is 30.6 Å². The van der Waals surface area contributed by atoms with Crippen molar-refractivity contribution in [3.63, 3.8) is 0 Å². The topological polar surface area (TPSA) is 232 Å². The number of nitrogens with zero attached hydrogens (tertiary/aromatic N) is 3. The first kappa shape index (κ1) is 34.0. The van der Waals surface area contributed by atoms with Crippen LogP contribution in [0, 0.1) is 17.3 Å². The summed E-state index contributed by atoms with van der Waals surface area (Å²) in [5, 5.41) is 26.4. The molecule has 2 aliphatic heterocycles. The van der Waals surface area contributed by atoms with Crippen molar-refractivity contribution in [3.05, 3.63) is 59.7 Å². The lowest BCUT2D eigenvalue weighted by atomic mass is 9.38. The molecule has 274 valence electrons. The van der Waals surface area contributed by atoms with E-state index in [0.29, 0.717) is 36.6 Å². The van der Waals surface area contributed by atoms with Gasteiger partial charge in [-0.25, -0.2) is 0 Å². The van der Waals surface area contributed by atoms with Crippen LogP contribution in [0.2, 0.25) is 0 Å². The van der Waals surface area contributed by atoms with Crippen molar-refractivity contribution in [3.8, 4) is 28.5 Å². The Hall–Kier alpha value is -6.06. The molecule has 16 heteroatoms. The second kappa shape index (κ2) is 12.9. The van der Waals surface area contributed by atoms with Crippen LogP contribution in [0.1, 0.15) is 65.7 Å². The SMILES string of the molecule is Nc1nnc(-c2ccccc2O)cc1OCCC12CC(NC(=O)C3CC3CNC(=O)COc3cccc4c3C(=O)N(C3CCC(=O)NC3=O)C4=O)(C1)C2. The van der Waals surface area contributed by atoms with Crippen LogP contribution < -0.4 is 31.2 Å². The minimum absolute atomic E-state index is 0.00182. The number of imide groups is 2. The Labute approximate surface area is 302 Å². The van der Waals surface area contributed by atoms with Crippen LogP contribution in [0.25, 0.3) is 11.3 Å². The number of phenols is 1. The Kier molecular flexibility index (Phi) is 8.26. The number of amides is 6. The van der Waals surface area contributed by atoms with E-state index in [1.807, 2.05) is 0 Å². The molecule has 3 atom stereocenters. The van der Waals surface area contributed by atoms with Crippen molar-refractivity contribution in [2.75, 3.05) is 25.5 Å². The molecule has 4 aliphatic carbocycles. The van der Waals surface area contributed by atoms with Gasteiger partial charge in [0.2, 0.25) is 17.7 Å². The zero-order valence-electron chi connectivity index (χ0n) is 28.6. The van der Waals surface area contributed by atoms with E-state index in [1.54, 1.807) is 30.3 Å². The highest BCUT2D eigenvalue weighted by molar-refractivity contribution is 6.24. The number of rotatable bonds is 13. The molecule has 4 saturated carbocycles. The summed E-state index contributed by atoms with van der Waals surface area (Å²) in [6.45, 7) is 0.299. The van der Waals surface area contributed by atoms with Crippen molar-refractivity contribution >= 4 is 41.3 Å². The fourth-order valence-corrected chi connectivity index (χ4v) is 8.29. The van der Waals surface area contributed by atoms with E-state index in [2.05, 4.69) is 26.1 Å². The Morgan fingerprint density at radius 3 is 2.53 bits per heavy atom. The second-order valence-electron chi connectivity index (χ2n) is 14.7. The number of phenolic OH excluding ortho intramolecular Hbond substituents is 1. The number of benzene rings is 2. The number of aromatic nitrogens is 2. The van der Waals surface area contributed by atoms with Gasteiger partial charge in [-0.1, -0.05) is 18.2 Å². The fourth-order valence-electron chi connectivity index (χ4n) is 8.29. The summed E-state index contributed by atoms with van der Waals surface area (Å²) in [5.41, 5.74) is 6.91. The summed E-state index contributed by atoms with van der Waals surface area (Å²) >= 11 is 0. The number of fused-ring (bicyclic) bond motifs is 1. The number of para-hydroxylation sites is 1. The first-order chi connectivity index (χ1) is 25.4. The van der Waals surface area contributed by atoms with Gasteiger partial charge in [0.15, 0.2) is 18.2 Å². The molecule has 53 heavy (non-hydrogen) atoms. The molecule has 1 saturated heterocycles. The number of aromatic hydroxyl groups is 1. The summed E-state index contributed by atoms with van der Waals surface area (Å²) in [5.74, 6) is -2.53. The summed E-state index contributed by atoms with van der Waals surface area (Å²) in [6.07, 6.45) is 4.10. The van der Waals surface area contributed by atoms with Crippen LogP contribution in [0.4, 0.5) is 5.82 Å². The number of nitrogens with two attached hydrogens (primary N) is 1. The Bertz CT molecular complexity index is 2070. The highest BCUT2D eigenvalue weighted by Crippen LogP contribution is 2.69. The zero-order valence-corrected chi connectivity index (χ0v) is 28.6. The van der Waals surface area contributed by atoms with E-state index in [-0.39, 0.29) is 70.0 Å². The van der Waals surface area contributed by atoms with Crippen molar-refractivity contribution in [1.82, 2.24) is 31.0 Å². The average molecular weight is 724 g/mol. The molecule has 6 amide bonds. The quantitative estimate of drug-likeness (QED) is 0.158. The zero-order chi connectivity index (χ0) is 37.1. The summed E-state index contributed by atoms with van der Waals surface area (Å²) < 4.78 is 11.6. The fraction of sp³-hybridized carbons (Fsp3) is 0.405. The largest absolute Gasteiger partial charge is 0.507 e. The number of nitrogen functional groups attached to an aromatic ring is 1. The monoisotopic (exact) mass is 723 g/mol. The molecule has 9 rings (SSSR count). The average Bonchev–Trinajstić information content (AvgIpc) is 3.85. The minimum atomic E-state index is -1.11. The van der Waals surface area contributed by atoms with E-state index in [1.165, 1.54) is 18.2 Å². The van der Waals surface area contributed by atoms with Crippen molar-refractivity contribution in [2.24, 2.45) is 17.3 Å². The third-order valence-corrected chi connectivity index (χ3v) is 11.0. The van der Waals surface area contributed by atoms with Gasteiger partial charge in [-0.2, -0.15) is 0 Å². The van der Waals surface area contributed by atoms with E-state index < -0.39 is 42.2 Å². The van der Waals surface area contributed by atoms with Gasteiger partial charge >= 0.3 is 0 Å². The van der Waals surface area contributed by atoms with Gasteiger partial charge < -0.3 is 30.9 Å². The van der Waals surface area contributed by atoms with Crippen LogP contribution >= 0.6 is 0 Å². The van der Waals surface area contributed by atoms with E-state index in [9.17, 15) is 33.9 Å². The molecule has 2 bridgehead atoms. The second-order valence-corrected chi connectivity index (χ2v) is 14.7. The molecule has 0 spiro atoms. The highest BCUT2D eigenvalue weighted by atomic mass is 16.5. The number of hydrogen-bond acceptors (Lipinski definition) is 12. The van der Waals surface area contributed by atoms with E-state index >= 15 is 0 Å². The third kappa shape index (κ3) is 6.27. The summed E-state index contributed by atoms with van der Waals surface area (Å²) in [7, 11) is 0. The molecule has 6 N–H and O–H groups in total. The number of ether oxygens (including phenoxy) is 2. The lowest BCUT2D eigenvalue weighted by Gasteiger charge is -2.71. The molecule has 3 aromatic rings. The van der Waals surface area contributed by atoms with Crippen molar-refractivity contribution in [2.45, 2.75) is 56.5 Å². The predicted octanol–water partition coefficient (Wildman–Crippen LogP) is 1.47. The van der Waals surface area contributed by atoms with Gasteiger partial charge in [-0.15, -0.1) is 10.2 Å². The number of piperidine rings is 1. The van der Waals surface area contributed by atoms with Gasteiger partial charge in [0.25, 0.3) is 17.7 Å². The lowest BCUT2D eigenvalue weighted by Crippen LogP contribution is -2.75. The van der Waals surface area contributed by atoms with Crippen LogP contribution in [0.5, 0.6) is 17.2 Å². The van der Waals surface area contributed by atoms with Crippen LogP contribution in [-0.2, 0) is 19.2 Å². The Morgan fingerprint density at radius 2 is 1.75 bits per heavy atom. The van der Waals surface area contributed by atoms with Crippen molar-refractivity contribution in [1.29, 1.82) is 0 Å². The first-order valence-electron chi connectivity index (χ1n) is 17.6. The maximum Gasteiger partial charge on any atom is 0.266 e. The Balaban J connectivity index is 0.755. The van der Waals surface area contributed by atoms with Gasteiger partial charge in [-0.05, 0) is 74.1 Å². The van der Waals surface area contributed by atoms with Crippen LogP contribution in [0.15, 0.2) is 48.5 Å². The smallest absolute Gasteiger partial charge is 0.266 e. The highest BCUT2D eigenvalue weighted by Gasteiger charge is 2.68. The molecule has 16 nitrogen and oxygen atoms in total. The van der Waals surface area contributed by atoms with Crippen LogP contribution in [-0.4, -0.2) is 87.0 Å². The molecule has 6 aliphatic rings.